The normalized spacial score (nSPS) is 18.9. The van der Waals surface area contributed by atoms with E-state index in [0.717, 1.165) is 111 Å². The van der Waals surface area contributed by atoms with Gasteiger partial charge in [0.05, 0.1) is 66.1 Å². The summed E-state index contributed by atoms with van der Waals surface area (Å²) >= 11 is 6.55. The van der Waals surface area contributed by atoms with Gasteiger partial charge in [0, 0.05) is 152 Å². The lowest BCUT2D eigenvalue weighted by Gasteiger charge is -2.15. The number of rotatable bonds is 18. The van der Waals surface area contributed by atoms with Crippen LogP contribution < -0.4 is 5.73 Å². The highest BCUT2D eigenvalue weighted by Gasteiger charge is 2.32. The lowest BCUT2D eigenvalue weighted by molar-refractivity contribution is -0.120. The van der Waals surface area contributed by atoms with Crippen molar-refractivity contribution in [3.63, 3.8) is 0 Å². The Kier molecular flexibility index (Phi) is 26.6. The number of nitrogens with two attached hydrogens (primary N) is 1. The molecule has 1 unspecified atom stereocenters. The van der Waals surface area contributed by atoms with Crippen molar-refractivity contribution in [2.45, 2.75) is 102 Å². The molecule has 8 aliphatic rings. The molecule has 5 aliphatic heterocycles. The Morgan fingerprint density at radius 2 is 0.841 bits per heavy atom. The summed E-state index contributed by atoms with van der Waals surface area (Å²) in [5, 5.41) is 0. The molecular formula is C65H73Br2N7O14. The van der Waals surface area contributed by atoms with Crippen LogP contribution >= 0.6 is 31.9 Å². The quantitative estimate of drug-likeness (QED) is 0.0619. The molecule has 466 valence electrons. The first kappa shape index (κ1) is 66.3. The van der Waals surface area contributed by atoms with Crippen molar-refractivity contribution in [2.75, 3.05) is 66.1 Å². The molecule has 0 radical (unpaired) electrons. The van der Waals surface area contributed by atoms with E-state index in [2.05, 4.69) is 61.8 Å². The van der Waals surface area contributed by atoms with Gasteiger partial charge in [-0.1, -0.05) is 0 Å². The van der Waals surface area contributed by atoms with E-state index in [4.69, 9.17) is 53.1 Å². The van der Waals surface area contributed by atoms with Crippen LogP contribution in [-0.2, 0) is 69.8 Å². The molecular weight excluding hydrogens is 1260 g/mol. The summed E-state index contributed by atoms with van der Waals surface area (Å²) in [7, 11) is 0. The third-order valence-electron chi connectivity index (χ3n) is 15.0. The smallest absolute Gasteiger partial charge is 0.185 e. The van der Waals surface area contributed by atoms with Crippen LogP contribution in [0.25, 0.3) is 6.08 Å². The molecule has 0 amide bonds. The molecule has 3 aliphatic carbocycles. The number of ether oxygens (including phenoxy) is 10. The van der Waals surface area contributed by atoms with Crippen molar-refractivity contribution in [1.29, 1.82) is 0 Å². The van der Waals surface area contributed by atoms with Crippen LogP contribution in [0.5, 0.6) is 0 Å². The van der Waals surface area contributed by atoms with Gasteiger partial charge < -0.3 is 53.1 Å². The molecule has 0 aromatic carbocycles. The summed E-state index contributed by atoms with van der Waals surface area (Å²) in [5.74, 6) is 1.93. The Morgan fingerprint density at radius 1 is 0.455 bits per heavy atom. The molecule has 23 heteroatoms. The van der Waals surface area contributed by atoms with E-state index in [1.807, 2.05) is 42.7 Å². The number of nitrogens with zero attached hydrogens (tertiary/aromatic N) is 6. The van der Waals surface area contributed by atoms with Crippen LogP contribution in [0.4, 0.5) is 0 Å². The average Bonchev–Trinajstić information content (AvgIpc) is 4.63. The van der Waals surface area contributed by atoms with Crippen LogP contribution in [0.3, 0.4) is 0 Å². The number of ketones is 2. The predicted octanol–water partition coefficient (Wildman–Crippen LogP) is 10.4. The van der Waals surface area contributed by atoms with Gasteiger partial charge >= 0.3 is 0 Å². The number of allylic oxidation sites excluding steroid dienone is 1. The minimum atomic E-state index is -0.400. The van der Waals surface area contributed by atoms with Crippen LogP contribution in [0.15, 0.2) is 126 Å². The highest BCUT2D eigenvalue weighted by Crippen LogP contribution is 2.36. The zero-order valence-corrected chi connectivity index (χ0v) is 51.9. The van der Waals surface area contributed by atoms with E-state index >= 15 is 0 Å². The van der Waals surface area contributed by atoms with E-state index < -0.39 is 6.29 Å². The second kappa shape index (κ2) is 35.3. The van der Waals surface area contributed by atoms with Crippen LogP contribution in [0.1, 0.15) is 148 Å². The molecule has 0 bridgehead atoms. The molecule has 6 aromatic rings. The molecule has 6 aromatic heterocycles. The number of hydrogen-bond donors (Lipinski definition) is 1. The maximum atomic E-state index is 11.7. The molecule has 5 saturated heterocycles. The first-order chi connectivity index (χ1) is 43.2. The topological polar surface area (TPSA) is 264 Å². The minimum Gasteiger partial charge on any atom is -0.346 e. The van der Waals surface area contributed by atoms with Crippen molar-refractivity contribution in [1.82, 2.24) is 29.9 Å². The van der Waals surface area contributed by atoms with Crippen LogP contribution in [0.2, 0.25) is 0 Å². The van der Waals surface area contributed by atoms with E-state index in [-0.39, 0.29) is 36.9 Å². The van der Waals surface area contributed by atoms with Gasteiger partial charge in [0.2, 0.25) is 0 Å². The van der Waals surface area contributed by atoms with Gasteiger partial charge in [-0.3, -0.25) is 49.1 Å². The Bertz CT molecular complexity index is 3200. The van der Waals surface area contributed by atoms with E-state index in [1.165, 1.54) is 24.6 Å². The number of pyridine rings is 6. The Hall–Kier alpha value is -6.16. The van der Waals surface area contributed by atoms with Gasteiger partial charge in [-0.15, -0.1) is 0 Å². The molecule has 14 rings (SSSR count). The summed E-state index contributed by atoms with van der Waals surface area (Å²) in [4.78, 5) is 68.2. The Balaban J connectivity index is 0.000000128. The summed E-state index contributed by atoms with van der Waals surface area (Å²) in [6, 6.07) is 11.4. The standard InChI is InChI=1S/C14H20N2O2.C14H17NO3.C14H15NO3.C9H9NO3.C8H8BrNO2.C6H4BrNO/c15-13(10-1-2-10)4-3-11-9-16-6-5-12(11)14-17-7-8-18-14;2*16-13(10-1-2-10)4-3-11-9-15-6-5-12(11)14-17-7-8-18-14;11-6-7-5-10-2-1-8(7)9-12-3-4-13-9;9-7-5-10-2-1-6(7)8-11-3-4-12-8;7-6-3-8-2-1-5(6)4-9/h5-6,9-10,13-14H,1-4,7-8,15H2;5-6,9-10,14H,1-4,7-8H2;3-6,9-10,14H,1-2,7-8H2;1-2,5-6,9H,3-4H2;1-2,5,8H,3-4H2;1-4H/b;;4-3+;;;. The number of aldehydes is 2. The molecule has 2 N–H and O–H groups in total. The Morgan fingerprint density at radius 3 is 1.28 bits per heavy atom. The number of Topliss-reactive ketones (excluding diaryl/α,β-unsaturated/α-hetero) is 1. The summed E-state index contributed by atoms with van der Waals surface area (Å²) in [5.41, 5.74) is 15.3. The van der Waals surface area contributed by atoms with Gasteiger partial charge in [-0.25, -0.2) is 0 Å². The van der Waals surface area contributed by atoms with E-state index in [0.29, 0.717) is 101 Å². The molecule has 8 fully saturated rings. The third-order valence-corrected chi connectivity index (χ3v) is 16.3. The van der Waals surface area contributed by atoms with Crippen LogP contribution in [0, 0.1) is 17.8 Å². The minimum absolute atomic E-state index is 0.207. The average molecular weight is 1340 g/mol. The van der Waals surface area contributed by atoms with Crippen molar-refractivity contribution in [3.8, 4) is 0 Å². The second-order valence-electron chi connectivity index (χ2n) is 21.3. The van der Waals surface area contributed by atoms with Crippen molar-refractivity contribution < 1.29 is 66.5 Å². The summed E-state index contributed by atoms with van der Waals surface area (Å²) < 4.78 is 56.0. The number of aromatic nitrogens is 6. The number of carbonyl (C=O) groups excluding carboxylic acids is 4. The second-order valence-corrected chi connectivity index (χ2v) is 23.1. The molecule has 88 heavy (non-hydrogen) atoms. The summed E-state index contributed by atoms with van der Waals surface area (Å²) in [6.07, 6.45) is 34.2. The molecule has 3 saturated carbocycles. The van der Waals surface area contributed by atoms with Gasteiger partial charge in [-0.05, 0) is 155 Å². The lowest BCUT2D eigenvalue weighted by atomic mass is 10.00. The fourth-order valence-corrected chi connectivity index (χ4v) is 10.4. The molecule has 21 nitrogen and oxygen atoms in total. The van der Waals surface area contributed by atoms with Crippen molar-refractivity contribution in [2.24, 2.45) is 23.5 Å². The maximum Gasteiger partial charge on any atom is 0.185 e. The Labute approximate surface area is 528 Å². The first-order valence-corrected chi connectivity index (χ1v) is 31.2. The lowest BCUT2D eigenvalue weighted by Crippen LogP contribution is -2.23. The van der Waals surface area contributed by atoms with E-state index in [1.54, 1.807) is 74.0 Å². The van der Waals surface area contributed by atoms with Gasteiger partial charge in [0.15, 0.2) is 49.8 Å². The van der Waals surface area contributed by atoms with Crippen molar-refractivity contribution >= 4 is 62.1 Å². The van der Waals surface area contributed by atoms with Crippen LogP contribution in [-0.4, -0.2) is 126 Å². The fourth-order valence-electron chi connectivity index (χ4n) is 9.63. The highest BCUT2D eigenvalue weighted by molar-refractivity contribution is 9.10. The van der Waals surface area contributed by atoms with E-state index in [9.17, 15) is 19.2 Å². The highest BCUT2D eigenvalue weighted by atomic mass is 79.9. The maximum absolute atomic E-state index is 11.7. The molecule has 1 atom stereocenters. The van der Waals surface area contributed by atoms with Gasteiger partial charge in [0.25, 0.3) is 0 Å². The number of hydrogen-bond acceptors (Lipinski definition) is 21. The van der Waals surface area contributed by atoms with Gasteiger partial charge in [0.1, 0.15) is 5.78 Å². The van der Waals surface area contributed by atoms with Crippen molar-refractivity contribution in [3.05, 3.63) is 181 Å². The zero-order chi connectivity index (χ0) is 61.3. The SMILES string of the molecule is Brc1cnccc1C1OCCO1.NC(CCc1cnccc1C1OCCO1)C1CC1.O=C(/C=C/c1cnccc1C1OCCO1)C1CC1.O=C(CCc1cnccc1C1OCCO1)C1CC1.O=Cc1ccncc1Br.O=Cc1cnccc1C1OCCO1. The first-order valence-electron chi connectivity index (χ1n) is 29.7. The monoisotopic (exact) mass is 1330 g/mol. The predicted molar refractivity (Wildman–Crippen MR) is 327 cm³/mol. The largest absolute Gasteiger partial charge is 0.346 e. The summed E-state index contributed by atoms with van der Waals surface area (Å²) in [6.45, 7) is 6.31. The molecule has 0 spiro atoms. The zero-order valence-electron chi connectivity index (χ0n) is 48.8. The van der Waals surface area contributed by atoms with Gasteiger partial charge in [-0.2, -0.15) is 0 Å². The molecule has 11 heterocycles. The fraction of sp³-hybridized carbons (Fsp3) is 0.446. The number of halogens is 2. The third kappa shape index (κ3) is 20.7. The number of aryl methyl sites for hydroxylation is 2. The number of carbonyl (C=O) groups is 4.